The number of hydrogen-bond donors (Lipinski definition) is 0. The summed E-state index contributed by atoms with van der Waals surface area (Å²) in [6.45, 7) is 2.00. The first kappa shape index (κ1) is 12.4. The molecule has 19 heavy (non-hydrogen) atoms. The molecule has 0 amide bonds. The Kier molecular flexibility index (Phi) is 3.65. The van der Waals surface area contributed by atoms with Gasteiger partial charge in [0, 0.05) is 25.0 Å². The molecule has 1 aromatic heterocycles. The number of likely N-dealkylation sites (N-methyl/N-ethyl adjacent to an activating group) is 1. The zero-order chi connectivity index (χ0) is 13.1. The fourth-order valence-electron chi connectivity index (χ4n) is 3.03. The van der Waals surface area contributed by atoms with Crippen LogP contribution in [0.4, 0.5) is 0 Å². The first-order valence-corrected chi connectivity index (χ1v) is 7.10. The van der Waals surface area contributed by atoms with Crippen LogP contribution in [0.5, 0.6) is 0 Å². The second-order valence-corrected chi connectivity index (χ2v) is 5.36. The largest absolute Gasteiger partial charge is 0.298 e. The molecule has 0 radical (unpaired) electrons. The maximum Gasteiger partial charge on any atom is 0.0536 e. The van der Waals surface area contributed by atoms with E-state index in [1.165, 1.54) is 30.4 Å². The summed E-state index contributed by atoms with van der Waals surface area (Å²) in [5, 5.41) is 4.27. The Hall–Kier alpha value is -1.61. The molecule has 1 aliphatic rings. The summed E-state index contributed by atoms with van der Waals surface area (Å²) in [6, 6.07) is 11.5. The van der Waals surface area contributed by atoms with Crippen molar-refractivity contribution >= 4 is 0 Å². The van der Waals surface area contributed by atoms with Gasteiger partial charge >= 0.3 is 0 Å². The summed E-state index contributed by atoms with van der Waals surface area (Å²) >= 11 is 0. The summed E-state index contributed by atoms with van der Waals surface area (Å²) in [5.41, 5.74) is 3.06. The second-order valence-electron chi connectivity index (χ2n) is 5.36. The van der Waals surface area contributed by atoms with Crippen molar-refractivity contribution in [2.45, 2.75) is 31.8 Å². The number of aromatic nitrogens is 2. The molecule has 0 saturated heterocycles. The van der Waals surface area contributed by atoms with E-state index in [0.717, 1.165) is 13.1 Å². The van der Waals surface area contributed by atoms with Crippen molar-refractivity contribution in [3.05, 3.63) is 53.9 Å². The first-order valence-electron chi connectivity index (χ1n) is 7.10. The maximum atomic E-state index is 4.27. The van der Waals surface area contributed by atoms with E-state index in [1.807, 2.05) is 23.1 Å². The molecule has 3 heteroatoms. The van der Waals surface area contributed by atoms with Crippen molar-refractivity contribution in [1.82, 2.24) is 14.7 Å². The Morgan fingerprint density at radius 3 is 3.05 bits per heavy atom. The van der Waals surface area contributed by atoms with Crippen molar-refractivity contribution in [3.63, 3.8) is 0 Å². The smallest absolute Gasteiger partial charge is 0.0536 e. The Labute approximate surface area is 114 Å². The van der Waals surface area contributed by atoms with Gasteiger partial charge in [-0.05, 0) is 43.5 Å². The average molecular weight is 255 g/mol. The highest BCUT2D eigenvalue weighted by Crippen LogP contribution is 2.33. The zero-order valence-corrected chi connectivity index (χ0v) is 11.5. The third-order valence-corrected chi connectivity index (χ3v) is 4.11. The van der Waals surface area contributed by atoms with Crippen molar-refractivity contribution < 1.29 is 0 Å². The predicted octanol–water partition coefficient (Wildman–Crippen LogP) is 2.89. The quantitative estimate of drug-likeness (QED) is 0.837. The van der Waals surface area contributed by atoms with Crippen molar-refractivity contribution in [1.29, 1.82) is 0 Å². The van der Waals surface area contributed by atoms with Gasteiger partial charge in [0.25, 0.3) is 0 Å². The molecule has 1 atom stereocenters. The molecule has 0 bridgehead atoms. The number of benzene rings is 1. The molecule has 0 spiro atoms. The van der Waals surface area contributed by atoms with Crippen LogP contribution in [0.1, 0.15) is 30.0 Å². The monoisotopic (exact) mass is 255 g/mol. The Morgan fingerprint density at radius 2 is 2.21 bits per heavy atom. The Morgan fingerprint density at radius 1 is 1.32 bits per heavy atom. The molecule has 1 heterocycles. The van der Waals surface area contributed by atoms with Crippen LogP contribution < -0.4 is 0 Å². The van der Waals surface area contributed by atoms with Gasteiger partial charge in [0.1, 0.15) is 0 Å². The lowest BCUT2D eigenvalue weighted by Gasteiger charge is -2.33. The number of fused-ring (bicyclic) bond motifs is 1. The van der Waals surface area contributed by atoms with E-state index in [9.17, 15) is 0 Å². The van der Waals surface area contributed by atoms with Crippen LogP contribution in [0.2, 0.25) is 0 Å². The molecule has 100 valence electrons. The van der Waals surface area contributed by atoms with Crippen LogP contribution in [0.25, 0.3) is 0 Å². The van der Waals surface area contributed by atoms with Crippen LogP contribution in [-0.4, -0.2) is 28.3 Å². The third-order valence-electron chi connectivity index (χ3n) is 4.11. The normalized spacial score (nSPS) is 18.5. The summed E-state index contributed by atoms with van der Waals surface area (Å²) in [6.07, 6.45) is 7.68. The molecule has 3 rings (SSSR count). The van der Waals surface area contributed by atoms with Gasteiger partial charge in [-0.1, -0.05) is 24.3 Å². The molecule has 1 aromatic carbocycles. The predicted molar refractivity (Wildman–Crippen MR) is 77.0 cm³/mol. The minimum Gasteiger partial charge on any atom is -0.298 e. The molecule has 1 unspecified atom stereocenters. The zero-order valence-electron chi connectivity index (χ0n) is 11.5. The highest BCUT2D eigenvalue weighted by molar-refractivity contribution is 5.32. The van der Waals surface area contributed by atoms with Crippen LogP contribution >= 0.6 is 0 Å². The van der Waals surface area contributed by atoms with E-state index >= 15 is 0 Å². The van der Waals surface area contributed by atoms with E-state index in [2.05, 4.69) is 41.3 Å². The number of hydrogen-bond acceptors (Lipinski definition) is 2. The van der Waals surface area contributed by atoms with Gasteiger partial charge in [-0.3, -0.25) is 9.58 Å². The summed E-state index contributed by atoms with van der Waals surface area (Å²) in [7, 11) is 2.23. The standard InChI is InChI=1S/C16H21N3/c1-18(12-13-19-11-5-10-17-19)16-9-4-7-14-6-2-3-8-15(14)16/h2-3,5-6,8,10-11,16H,4,7,9,12-13H2,1H3. The molecule has 0 saturated carbocycles. The summed E-state index contributed by atoms with van der Waals surface area (Å²) in [5.74, 6) is 0. The van der Waals surface area contributed by atoms with E-state index in [0.29, 0.717) is 6.04 Å². The average Bonchev–Trinajstić information content (AvgIpc) is 2.97. The van der Waals surface area contributed by atoms with Gasteiger partial charge in [0.05, 0.1) is 6.54 Å². The molecular formula is C16H21N3. The van der Waals surface area contributed by atoms with Gasteiger partial charge < -0.3 is 0 Å². The van der Waals surface area contributed by atoms with Crippen LogP contribution in [0, 0.1) is 0 Å². The molecule has 3 nitrogen and oxygen atoms in total. The van der Waals surface area contributed by atoms with Crippen molar-refractivity contribution in [3.8, 4) is 0 Å². The van der Waals surface area contributed by atoms with Crippen molar-refractivity contribution in [2.75, 3.05) is 13.6 Å². The van der Waals surface area contributed by atoms with Gasteiger partial charge in [-0.2, -0.15) is 5.10 Å². The number of nitrogens with zero attached hydrogens (tertiary/aromatic N) is 3. The first-order chi connectivity index (χ1) is 9.34. The molecule has 0 N–H and O–H groups in total. The van der Waals surface area contributed by atoms with Crippen molar-refractivity contribution in [2.24, 2.45) is 0 Å². The summed E-state index contributed by atoms with van der Waals surface area (Å²) in [4.78, 5) is 2.47. The molecule has 0 fully saturated rings. The molecule has 0 aliphatic heterocycles. The topological polar surface area (TPSA) is 21.1 Å². The lowest BCUT2D eigenvalue weighted by atomic mass is 9.87. The fourth-order valence-corrected chi connectivity index (χ4v) is 3.03. The van der Waals surface area contributed by atoms with Gasteiger partial charge in [-0.15, -0.1) is 0 Å². The third kappa shape index (κ3) is 2.71. The Bertz CT molecular complexity index is 519. The molecular weight excluding hydrogens is 234 g/mol. The van der Waals surface area contributed by atoms with Crippen LogP contribution in [-0.2, 0) is 13.0 Å². The molecule has 2 aromatic rings. The SMILES string of the molecule is CN(CCn1cccn1)C1CCCc2ccccc21. The fraction of sp³-hybridized carbons (Fsp3) is 0.438. The summed E-state index contributed by atoms with van der Waals surface area (Å²) < 4.78 is 2.01. The molecule has 1 aliphatic carbocycles. The van der Waals surface area contributed by atoms with E-state index in [-0.39, 0.29) is 0 Å². The second kappa shape index (κ2) is 5.57. The number of rotatable bonds is 4. The minimum absolute atomic E-state index is 0.570. The van der Waals surface area contributed by atoms with Gasteiger partial charge in [0.15, 0.2) is 0 Å². The lowest BCUT2D eigenvalue weighted by molar-refractivity contribution is 0.211. The lowest BCUT2D eigenvalue weighted by Crippen LogP contribution is -2.30. The van der Waals surface area contributed by atoms with E-state index in [1.54, 1.807) is 0 Å². The number of aryl methyl sites for hydroxylation is 1. The Balaban J connectivity index is 1.69. The maximum absolute atomic E-state index is 4.27. The van der Waals surface area contributed by atoms with Gasteiger partial charge in [-0.25, -0.2) is 0 Å². The van der Waals surface area contributed by atoms with E-state index in [4.69, 9.17) is 0 Å². The minimum atomic E-state index is 0.570. The highest BCUT2D eigenvalue weighted by atomic mass is 15.3. The van der Waals surface area contributed by atoms with Crippen LogP contribution in [0.15, 0.2) is 42.7 Å². The highest BCUT2D eigenvalue weighted by Gasteiger charge is 2.22. The van der Waals surface area contributed by atoms with Gasteiger partial charge in [0.2, 0.25) is 0 Å². The van der Waals surface area contributed by atoms with E-state index < -0.39 is 0 Å². The van der Waals surface area contributed by atoms with Crippen LogP contribution in [0.3, 0.4) is 0 Å².